The first kappa shape index (κ1) is 16.4. The van der Waals surface area contributed by atoms with Gasteiger partial charge in [0, 0.05) is 6.07 Å². The second-order valence-corrected chi connectivity index (χ2v) is 4.56. The fourth-order valence-corrected chi connectivity index (χ4v) is 1.46. The minimum absolute atomic E-state index is 0.0113. The maximum Gasteiger partial charge on any atom is 0.311 e. The molecule has 1 atom stereocenters. The average Bonchev–Trinajstić information content (AvgIpc) is 2.42. The molecule has 0 fully saturated rings. The summed E-state index contributed by atoms with van der Waals surface area (Å²) in [7, 11) is 0. The summed E-state index contributed by atoms with van der Waals surface area (Å²) in [5, 5.41) is 29.5. The molecule has 1 aromatic carbocycles. The van der Waals surface area contributed by atoms with Crippen LogP contribution in [0.3, 0.4) is 0 Å². The van der Waals surface area contributed by atoms with Crippen LogP contribution in [0, 0.1) is 10.1 Å². The lowest BCUT2D eigenvalue weighted by atomic mass is 10.2. The SMILES string of the molecule is CC(C)OCC(O)COc1ccc(CO)cc1[N+](=O)[O-]. The molecule has 0 aliphatic heterocycles. The van der Waals surface area contributed by atoms with Gasteiger partial charge in [-0.25, -0.2) is 0 Å². The number of hydrogen-bond acceptors (Lipinski definition) is 6. The molecule has 112 valence electrons. The van der Waals surface area contributed by atoms with Crippen molar-refractivity contribution in [3.05, 3.63) is 33.9 Å². The first-order valence-corrected chi connectivity index (χ1v) is 6.24. The highest BCUT2D eigenvalue weighted by molar-refractivity contribution is 5.48. The van der Waals surface area contributed by atoms with Crippen molar-refractivity contribution < 1.29 is 24.6 Å². The summed E-state index contributed by atoms with van der Waals surface area (Å²) in [5.41, 5.74) is 0.182. The van der Waals surface area contributed by atoms with Crippen LogP contribution >= 0.6 is 0 Å². The summed E-state index contributed by atoms with van der Waals surface area (Å²) in [4.78, 5) is 10.3. The van der Waals surface area contributed by atoms with Gasteiger partial charge in [0.2, 0.25) is 0 Å². The van der Waals surface area contributed by atoms with Crippen molar-refractivity contribution in [1.29, 1.82) is 0 Å². The lowest BCUT2D eigenvalue weighted by Gasteiger charge is -2.14. The van der Waals surface area contributed by atoms with Gasteiger partial charge >= 0.3 is 5.69 Å². The molecule has 0 saturated heterocycles. The summed E-state index contributed by atoms with van der Waals surface area (Å²) >= 11 is 0. The van der Waals surface area contributed by atoms with Gasteiger partial charge in [0.25, 0.3) is 0 Å². The van der Waals surface area contributed by atoms with E-state index in [4.69, 9.17) is 14.6 Å². The number of rotatable bonds is 8. The Labute approximate surface area is 116 Å². The molecule has 2 N–H and O–H groups in total. The minimum atomic E-state index is -0.866. The van der Waals surface area contributed by atoms with Crippen molar-refractivity contribution in [3.63, 3.8) is 0 Å². The first-order chi connectivity index (χ1) is 9.43. The monoisotopic (exact) mass is 285 g/mol. The van der Waals surface area contributed by atoms with Gasteiger partial charge in [-0.05, 0) is 25.5 Å². The number of benzene rings is 1. The van der Waals surface area contributed by atoms with E-state index >= 15 is 0 Å². The molecule has 0 saturated carbocycles. The van der Waals surface area contributed by atoms with E-state index in [9.17, 15) is 15.2 Å². The topological polar surface area (TPSA) is 102 Å². The van der Waals surface area contributed by atoms with E-state index in [1.165, 1.54) is 18.2 Å². The largest absolute Gasteiger partial charge is 0.484 e. The van der Waals surface area contributed by atoms with E-state index in [0.29, 0.717) is 5.56 Å². The zero-order chi connectivity index (χ0) is 15.1. The smallest absolute Gasteiger partial charge is 0.311 e. The van der Waals surface area contributed by atoms with Crippen LogP contribution in [-0.4, -0.2) is 40.6 Å². The second kappa shape index (κ2) is 7.78. The van der Waals surface area contributed by atoms with Crippen molar-refractivity contribution in [3.8, 4) is 5.75 Å². The van der Waals surface area contributed by atoms with E-state index in [1.54, 1.807) is 0 Å². The molecule has 1 unspecified atom stereocenters. The highest BCUT2D eigenvalue weighted by Crippen LogP contribution is 2.28. The summed E-state index contributed by atoms with van der Waals surface area (Å²) in [6.07, 6.45) is -0.877. The Hall–Kier alpha value is -1.70. The van der Waals surface area contributed by atoms with Crippen molar-refractivity contribution in [1.82, 2.24) is 0 Å². The Bertz CT molecular complexity index is 448. The Morgan fingerprint density at radius 2 is 2.05 bits per heavy atom. The number of ether oxygens (including phenoxy) is 2. The molecular weight excluding hydrogens is 266 g/mol. The molecule has 0 radical (unpaired) electrons. The van der Waals surface area contributed by atoms with E-state index < -0.39 is 11.0 Å². The van der Waals surface area contributed by atoms with Crippen LogP contribution in [-0.2, 0) is 11.3 Å². The van der Waals surface area contributed by atoms with Gasteiger partial charge in [-0.1, -0.05) is 6.07 Å². The van der Waals surface area contributed by atoms with Gasteiger partial charge in [0.05, 0.1) is 24.2 Å². The van der Waals surface area contributed by atoms with Gasteiger partial charge < -0.3 is 19.7 Å². The summed E-state index contributed by atoms with van der Waals surface area (Å²) in [6, 6.07) is 4.17. The summed E-state index contributed by atoms with van der Waals surface area (Å²) < 4.78 is 10.4. The van der Waals surface area contributed by atoms with Crippen molar-refractivity contribution in [2.45, 2.75) is 32.7 Å². The minimum Gasteiger partial charge on any atom is -0.484 e. The quantitative estimate of drug-likeness (QED) is 0.550. The maximum absolute atomic E-state index is 10.9. The van der Waals surface area contributed by atoms with Gasteiger partial charge in [0.15, 0.2) is 5.75 Å². The average molecular weight is 285 g/mol. The van der Waals surface area contributed by atoms with Gasteiger partial charge in [-0.3, -0.25) is 10.1 Å². The third kappa shape index (κ3) is 5.12. The van der Waals surface area contributed by atoms with Crippen LogP contribution < -0.4 is 4.74 Å². The van der Waals surface area contributed by atoms with Crippen LogP contribution in [0.5, 0.6) is 5.75 Å². The summed E-state index contributed by atoms with van der Waals surface area (Å²) in [5.74, 6) is 0.0517. The highest BCUT2D eigenvalue weighted by Gasteiger charge is 2.17. The second-order valence-electron chi connectivity index (χ2n) is 4.56. The third-order valence-corrected chi connectivity index (χ3v) is 2.46. The Morgan fingerprint density at radius 1 is 1.35 bits per heavy atom. The molecule has 0 aliphatic carbocycles. The van der Waals surface area contributed by atoms with Crippen LogP contribution in [0.25, 0.3) is 0 Å². The summed E-state index contributed by atoms with van der Waals surface area (Å²) in [6.45, 7) is 3.39. The normalized spacial score (nSPS) is 12.4. The van der Waals surface area contributed by atoms with Crippen molar-refractivity contribution >= 4 is 5.69 Å². The molecule has 20 heavy (non-hydrogen) atoms. The molecule has 0 aliphatic rings. The zero-order valence-corrected chi connectivity index (χ0v) is 11.5. The molecule has 0 bridgehead atoms. The molecule has 0 amide bonds. The molecule has 7 heteroatoms. The number of nitro benzene ring substituents is 1. The zero-order valence-electron chi connectivity index (χ0n) is 11.5. The Morgan fingerprint density at radius 3 is 2.60 bits per heavy atom. The fraction of sp³-hybridized carbons (Fsp3) is 0.538. The molecule has 1 rings (SSSR count). The van der Waals surface area contributed by atoms with Gasteiger partial charge in [-0.15, -0.1) is 0 Å². The Balaban J connectivity index is 2.65. The van der Waals surface area contributed by atoms with Crippen LogP contribution in [0.1, 0.15) is 19.4 Å². The fourth-order valence-electron chi connectivity index (χ4n) is 1.46. The van der Waals surface area contributed by atoms with E-state index in [-0.39, 0.29) is 37.4 Å². The van der Waals surface area contributed by atoms with Gasteiger partial charge in [0.1, 0.15) is 12.7 Å². The Kier molecular flexibility index (Phi) is 6.37. The standard InChI is InChI=1S/C13H19NO6/c1-9(2)19-7-11(16)8-20-13-4-3-10(6-15)5-12(13)14(17)18/h3-5,9,11,15-16H,6-8H2,1-2H3. The lowest BCUT2D eigenvalue weighted by molar-refractivity contribution is -0.386. The number of hydrogen-bond donors (Lipinski definition) is 2. The number of nitro groups is 1. The maximum atomic E-state index is 10.9. The molecule has 1 aromatic rings. The lowest BCUT2D eigenvalue weighted by Crippen LogP contribution is -2.25. The third-order valence-electron chi connectivity index (χ3n) is 2.46. The molecular formula is C13H19NO6. The molecule has 7 nitrogen and oxygen atoms in total. The van der Waals surface area contributed by atoms with Crippen LogP contribution in [0.15, 0.2) is 18.2 Å². The highest BCUT2D eigenvalue weighted by atomic mass is 16.6. The number of nitrogens with zero attached hydrogens (tertiary/aromatic N) is 1. The van der Waals surface area contributed by atoms with Gasteiger partial charge in [-0.2, -0.15) is 0 Å². The van der Waals surface area contributed by atoms with Crippen LogP contribution in [0.4, 0.5) is 5.69 Å². The van der Waals surface area contributed by atoms with Crippen LogP contribution in [0.2, 0.25) is 0 Å². The predicted molar refractivity (Wildman–Crippen MR) is 71.6 cm³/mol. The van der Waals surface area contributed by atoms with E-state index in [0.717, 1.165) is 0 Å². The predicted octanol–water partition coefficient (Wildman–Crippen LogP) is 1.25. The molecule has 0 aromatic heterocycles. The van der Waals surface area contributed by atoms with Crippen molar-refractivity contribution in [2.24, 2.45) is 0 Å². The first-order valence-electron chi connectivity index (χ1n) is 6.24. The number of aliphatic hydroxyl groups excluding tert-OH is 2. The van der Waals surface area contributed by atoms with Crippen molar-refractivity contribution in [2.75, 3.05) is 13.2 Å². The molecule has 0 heterocycles. The number of aliphatic hydroxyl groups is 2. The molecule has 0 spiro atoms. The van der Waals surface area contributed by atoms with E-state index in [2.05, 4.69) is 0 Å². The van der Waals surface area contributed by atoms with E-state index in [1.807, 2.05) is 13.8 Å².